The van der Waals surface area contributed by atoms with Crippen molar-refractivity contribution in [3.05, 3.63) is 34.9 Å². The average molecular weight is 496 g/mol. The van der Waals surface area contributed by atoms with Gasteiger partial charge in [-0.3, -0.25) is 0 Å². The van der Waals surface area contributed by atoms with Crippen molar-refractivity contribution in [3.63, 3.8) is 0 Å². The lowest BCUT2D eigenvalue weighted by Crippen LogP contribution is -2.57. The van der Waals surface area contributed by atoms with Gasteiger partial charge in [0.25, 0.3) is 11.2 Å². The number of rotatable bonds is 7. The zero-order valence-corrected chi connectivity index (χ0v) is 16.2. The minimum absolute atomic E-state index is 0.0435. The van der Waals surface area contributed by atoms with Gasteiger partial charge in [-0.1, -0.05) is 12.1 Å². The average Bonchev–Trinajstić information content (AvgIpc) is 2.56. The van der Waals surface area contributed by atoms with Gasteiger partial charge < -0.3 is 14.6 Å². The summed E-state index contributed by atoms with van der Waals surface area (Å²) in [7, 11) is -0.0870. The first kappa shape index (κ1) is 28.3. The Bertz CT molecular complexity index is 691. The molecule has 0 spiro atoms. The number of hydrogen-bond acceptors (Lipinski definition) is 3. The van der Waals surface area contributed by atoms with E-state index in [1.54, 1.807) is 0 Å². The maximum Gasteiger partial charge on any atom is 0.430 e. The van der Waals surface area contributed by atoms with E-state index in [1.165, 1.54) is 0 Å². The van der Waals surface area contributed by atoms with E-state index in [4.69, 9.17) is 5.11 Å². The van der Waals surface area contributed by atoms with Crippen molar-refractivity contribution in [1.29, 1.82) is 0 Å². The van der Waals surface area contributed by atoms with E-state index in [0.29, 0.717) is 0 Å². The first-order valence-corrected chi connectivity index (χ1v) is 8.39. The highest BCUT2D eigenvalue weighted by Crippen LogP contribution is 2.56. The molecule has 0 aliphatic carbocycles. The molecular formula is C17H16F12O3. The van der Waals surface area contributed by atoms with Crippen LogP contribution in [-0.4, -0.2) is 50.6 Å². The molecule has 1 N–H and O–H groups in total. The molecule has 186 valence electrons. The van der Waals surface area contributed by atoms with Gasteiger partial charge in [-0.2, -0.15) is 52.7 Å². The van der Waals surface area contributed by atoms with E-state index in [1.807, 2.05) is 0 Å². The third-order valence-corrected chi connectivity index (χ3v) is 4.64. The Morgan fingerprint density at radius 2 is 0.938 bits per heavy atom. The summed E-state index contributed by atoms with van der Waals surface area (Å²) in [6, 6.07) is -0.301. The summed E-state index contributed by atoms with van der Waals surface area (Å²) in [4.78, 5) is 0. The van der Waals surface area contributed by atoms with Gasteiger partial charge in [0.1, 0.15) is 0 Å². The van der Waals surface area contributed by atoms with Crippen LogP contribution < -0.4 is 0 Å². The molecule has 0 fully saturated rings. The van der Waals surface area contributed by atoms with Crippen LogP contribution in [0.4, 0.5) is 52.7 Å². The van der Waals surface area contributed by atoms with Gasteiger partial charge in [-0.05, 0) is 24.5 Å². The molecule has 3 nitrogen and oxygen atoms in total. The van der Waals surface area contributed by atoms with Crippen LogP contribution in [0.3, 0.4) is 0 Å². The van der Waals surface area contributed by atoms with Crippen molar-refractivity contribution in [3.8, 4) is 0 Å². The molecule has 0 heterocycles. The third kappa shape index (κ3) is 4.51. The van der Waals surface area contributed by atoms with Crippen LogP contribution in [0.2, 0.25) is 0 Å². The Hall–Kier alpha value is -1.74. The Morgan fingerprint density at radius 3 is 1.16 bits per heavy atom. The molecule has 0 aromatic heterocycles. The fraction of sp³-hybridized carbons (Fsp3) is 0.647. The number of alkyl halides is 12. The molecule has 1 rings (SSSR count). The van der Waals surface area contributed by atoms with Gasteiger partial charge >= 0.3 is 24.7 Å². The quantitative estimate of drug-likeness (QED) is 0.504. The van der Waals surface area contributed by atoms with Crippen molar-refractivity contribution in [2.45, 2.75) is 48.7 Å². The largest absolute Gasteiger partial charge is 0.430 e. The van der Waals surface area contributed by atoms with E-state index in [-0.39, 0.29) is 32.8 Å². The molecule has 0 radical (unpaired) electrons. The molecule has 1 aromatic rings. The molecular weight excluding hydrogens is 480 g/mol. The second-order valence-electron chi connectivity index (χ2n) is 6.51. The minimum atomic E-state index is -6.33. The van der Waals surface area contributed by atoms with Crippen LogP contribution in [0.15, 0.2) is 18.2 Å². The lowest BCUT2D eigenvalue weighted by Gasteiger charge is -2.39. The van der Waals surface area contributed by atoms with Crippen LogP contribution in [0.25, 0.3) is 0 Å². The van der Waals surface area contributed by atoms with Gasteiger partial charge in [0.2, 0.25) is 0 Å². The zero-order valence-electron chi connectivity index (χ0n) is 16.2. The number of hydrogen-bond donors (Lipinski definition) is 1. The fourth-order valence-electron chi connectivity index (χ4n) is 3.20. The Balaban J connectivity index is 4.18. The van der Waals surface area contributed by atoms with E-state index >= 15 is 0 Å². The van der Waals surface area contributed by atoms with Crippen molar-refractivity contribution < 1.29 is 67.3 Å². The molecule has 0 bridgehead atoms. The second-order valence-corrected chi connectivity index (χ2v) is 6.51. The summed E-state index contributed by atoms with van der Waals surface area (Å²) < 4.78 is 170. The fourth-order valence-corrected chi connectivity index (χ4v) is 3.20. The third-order valence-electron chi connectivity index (χ3n) is 4.64. The predicted molar refractivity (Wildman–Crippen MR) is 83.4 cm³/mol. The van der Waals surface area contributed by atoms with E-state index < -0.39 is 71.7 Å². The van der Waals surface area contributed by atoms with E-state index in [0.717, 1.165) is 0 Å². The Kier molecular flexibility index (Phi) is 7.86. The van der Waals surface area contributed by atoms with Gasteiger partial charge in [0.15, 0.2) is 0 Å². The summed E-state index contributed by atoms with van der Waals surface area (Å²) in [5, 5.41) is 8.83. The molecule has 0 saturated carbocycles. The van der Waals surface area contributed by atoms with Crippen molar-refractivity contribution >= 4 is 0 Å². The van der Waals surface area contributed by atoms with Crippen LogP contribution >= 0.6 is 0 Å². The van der Waals surface area contributed by atoms with E-state index in [9.17, 15) is 52.7 Å². The zero-order chi connectivity index (χ0) is 25.4. The summed E-state index contributed by atoms with van der Waals surface area (Å²) in [6.45, 7) is -0.707. The summed E-state index contributed by atoms with van der Waals surface area (Å²) in [5.41, 5.74) is -15.4. The molecule has 15 heteroatoms. The normalized spacial score (nSPS) is 14.7. The molecule has 0 unspecified atom stereocenters. The highest BCUT2D eigenvalue weighted by molar-refractivity contribution is 5.40. The summed E-state index contributed by atoms with van der Waals surface area (Å²) >= 11 is 0. The number of aliphatic hydroxyl groups excluding tert-OH is 1. The molecule has 0 saturated heterocycles. The maximum atomic E-state index is 13.6. The van der Waals surface area contributed by atoms with Crippen LogP contribution in [0.5, 0.6) is 0 Å². The lowest BCUT2D eigenvalue weighted by atomic mass is 9.83. The predicted octanol–water partition coefficient (Wildman–Crippen LogP) is 5.54. The van der Waals surface area contributed by atoms with Crippen molar-refractivity contribution in [1.82, 2.24) is 0 Å². The highest BCUT2D eigenvalue weighted by Gasteiger charge is 2.75. The monoisotopic (exact) mass is 496 g/mol. The second kappa shape index (κ2) is 8.89. The van der Waals surface area contributed by atoms with E-state index in [2.05, 4.69) is 9.47 Å². The highest BCUT2D eigenvalue weighted by atomic mass is 19.4. The van der Waals surface area contributed by atoms with Crippen LogP contribution in [-0.2, 0) is 27.1 Å². The molecule has 0 aliphatic rings. The standard InChI is InChI=1S/C17H16F12O3/c1-31-12(14(18,19)20,15(21,22)23)10-6-9(4-3-5-30)7-11(8-10)13(32-2,16(24,25)26)17(27,28)29/h6-8,30H,3-5H2,1-2H3. The maximum absolute atomic E-state index is 13.6. The number of methoxy groups -OCH3 is 2. The molecule has 0 amide bonds. The smallest absolute Gasteiger partial charge is 0.396 e. The SMILES string of the molecule is COC(c1cc(CCCO)cc(C(OC)(C(F)(F)F)C(F)(F)F)c1)(C(F)(F)F)C(F)(F)F. The first-order chi connectivity index (χ1) is 14.3. The number of halogens is 12. The topological polar surface area (TPSA) is 38.7 Å². The number of aryl methyl sites for hydroxylation is 1. The minimum Gasteiger partial charge on any atom is -0.396 e. The molecule has 0 aliphatic heterocycles. The Morgan fingerprint density at radius 1 is 0.625 bits per heavy atom. The molecule has 1 aromatic carbocycles. The van der Waals surface area contributed by atoms with Crippen LogP contribution in [0.1, 0.15) is 23.1 Å². The van der Waals surface area contributed by atoms with Crippen molar-refractivity contribution in [2.24, 2.45) is 0 Å². The summed E-state index contributed by atoms with van der Waals surface area (Å²) in [5.74, 6) is 0. The lowest BCUT2D eigenvalue weighted by molar-refractivity contribution is -0.385. The van der Waals surface area contributed by atoms with Gasteiger partial charge in [-0.25, -0.2) is 0 Å². The van der Waals surface area contributed by atoms with Crippen LogP contribution in [0, 0.1) is 0 Å². The van der Waals surface area contributed by atoms with Gasteiger partial charge in [-0.15, -0.1) is 0 Å². The number of aliphatic hydroxyl groups is 1. The molecule has 32 heavy (non-hydrogen) atoms. The van der Waals surface area contributed by atoms with Gasteiger partial charge in [0.05, 0.1) is 0 Å². The number of benzene rings is 1. The summed E-state index contributed by atoms with van der Waals surface area (Å²) in [6.07, 6.45) is -26.4. The Labute approximate surface area is 172 Å². The first-order valence-electron chi connectivity index (χ1n) is 8.39. The molecule has 0 atom stereocenters. The van der Waals surface area contributed by atoms with Gasteiger partial charge in [0, 0.05) is 32.0 Å². The van der Waals surface area contributed by atoms with Crippen molar-refractivity contribution in [2.75, 3.05) is 20.8 Å². The number of ether oxygens (including phenoxy) is 2.